The third kappa shape index (κ3) is 5.62. The molecular formula is C18H23N3O2. The van der Waals surface area contributed by atoms with Gasteiger partial charge in [-0.05, 0) is 57.0 Å². The third-order valence-electron chi connectivity index (χ3n) is 3.04. The number of nitrogens with zero attached hydrogens (tertiary/aromatic N) is 1. The summed E-state index contributed by atoms with van der Waals surface area (Å²) in [4.78, 5) is 15.9. The molecule has 0 saturated carbocycles. The summed E-state index contributed by atoms with van der Waals surface area (Å²) in [7, 11) is 0. The maximum absolute atomic E-state index is 11.7. The zero-order valence-corrected chi connectivity index (χ0v) is 14.0. The molecule has 0 spiro atoms. The first-order valence-electron chi connectivity index (χ1n) is 7.68. The number of aromatic nitrogens is 1. The fraction of sp³-hybridized carbons (Fsp3) is 0.333. The van der Waals surface area contributed by atoms with E-state index in [2.05, 4.69) is 34.7 Å². The fourth-order valence-electron chi connectivity index (χ4n) is 1.94. The van der Waals surface area contributed by atoms with E-state index in [1.54, 1.807) is 12.3 Å². The number of nitrogens with one attached hydrogen (secondary N) is 2. The Hall–Kier alpha value is -2.56. The molecule has 0 aliphatic rings. The van der Waals surface area contributed by atoms with Crippen LogP contribution in [-0.4, -0.2) is 16.7 Å². The maximum atomic E-state index is 11.7. The number of benzene rings is 1. The summed E-state index contributed by atoms with van der Waals surface area (Å²) in [5, 5.41) is 5.87. The van der Waals surface area contributed by atoms with E-state index < -0.39 is 11.7 Å². The summed E-state index contributed by atoms with van der Waals surface area (Å²) in [5.41, 5.74) is 2.61. The molecule has 5 heteroatoms. The molecule has 0 atom stereocenters. The minimum Gasteiger partial charge on any atom is -0.444 e. The molecule has 5 nitrogen and oxygen atoms in total. The Labute approximate surface area is 137 Å². The van der Waals surface area contributed by atoms with Crippen LogP contribution in [0.3, 0.4) is 0 Å². The summed E-state index contributed by atoms with van der Waals surface area (Å²) in [6.45, 7) is 7.58. The fourth-order valence-corrected chi connectivity index (χ4v) is 1.94. The van der Waals surface area contributed by atoms with Crippen LogP contribution in [0.25, 0.3) is 0 Å². The standard InChI is InChI=1S/C18H23N3O2/c1-5-13-6-8-14(9-7-13)20-15-10-11-16(19-12-15)21-17(22)23-18(2,3)4/h6-12,20H,5H2,1-4H3,(H,19,21,22). The highest BCUT2D eigenvalue weighted by Crippen LogP contribution is 2.18. The molecule has 122 valence electrons. The van der Waals surface area contributed by atoms with Gasteiger partial charge in [-0.2, -0.15) is 0 Å². The van der Waals surface area contributed by atoms with Crippen LogP contribution in [0.5, 0.6) is 0 Å². The molecular weight excluding hydrogens is 290 g/mol. The van der Waals surface area contributed by atoms with Crippen LogP contribution in [0.15, 0.2) is 42.6 Å². The number of pyridine rings is 1. The first-order chi connectivity index (χ1) is 10.9. The SMILES string of the molecule is CCc1ccc(Nc2ccc(NC(=O)OC(C)(C)C)nc2)cc1. The molecule has 0 saturated heterocycles. The minimum atomic E-state index is -0.532. The Bertz CT molecular complexity index is 643. The molecule has 2 aromatic rings. The Balaban J connectivity index is 1.94. The van der Waals surface area contributed by atoms with Gasteiger partial charge in [0.2, 0.25) is 0 Å². The Morgan fingerprint density at radius 1 is 1.09 bits per heavy atom. The van der Waals surface area contributed by atoms with Crippen molar-refractivity contribution in [1.29, 1.82) is 0 Å². The maximum Gasteiger partial charge on any atom is 0.413 e. The summed E-state index contributed by atoms with van der Waals surface area (Å²) >= 11 is 0. The molecule has 2 N–H and O–H groups in total. The Kier molecular flexibility index (Phi) is 5.21. The van der Waals surface area contributed by atoms with E-state index in [1.165, 1.54) is 5.56 Å². The number of ether oxygens (including phenoxy) is 1. The normalized spacial score (nSPS) is 11.0. The second-order valence-electron chi connectivity index (χ2n) is 6.23. The number of amides is 1. The van der Waals surface area contributed by atoms with E-state index in [9.17, 15) is 4.79 Å². The quantitative estimate of drug-likeness (QED) is 0.856. The van der Waals surface area contributed by atoms with Crippen molar-refractivity contribution in [2.45, 2.75) is 39.7 Å². The molecule has 1 amide bonds. The van der Waals surface area contributed by atoms with Crippen LogP contribution >= 0.6 is 0 Å². The monoisotopic (exact) mass is 313 g/mol. The highest BCUT2D eigenvalue weighted by atomic mass is 16.6. The minimum absolute atomic E-state index is 0.450. The number of hydrogen-bond donors (Lipinski definition) is 2. The molecule has 1 aromatic carbocycles. The predicted molar refractivity (Wildman–Crippen MR) is 93.2 cm³/mol. The number of aryl methyl sites for hydroxylation is 1. The third-order valence-corrected chi connectivity index (χ3v) is 3.04. The second kappa shape index (κ2) is 7.13. The van der Waals surface area contributed by atoms with Gasteiger partial charge in [-0.3, -0.25) is 5.32 Å². The molecule has 0 aliphatic heterocycles. The van der Waals surface area contributed by atoms with Crippen LogP contribution in [0, 0.1) is 0 Å². The van der Waals surface area contributed by atoms with Gasteiger partial charge in [0.15, 0.2) is 0 Å². The molecule has 1 aromatic heterocycles. The van der Waals surface area contributed by atoms with Crippen molar-refractivity contribution in [3.63, 3.8) is 0 Å². The average molecular weight is 313 g/mol. The number of hydrogen-bond acceptors (Lipinski definition) is 4. The summed E-state index contributed by atoms with van der Waals surface area (Å²) < 4.78 is 5.18. The van der Waals surface area contributed by atoms with Crippen LogP contribution in [0.1, 0.15) is 33.3 Å². The molecule has 0 aliphatic carbocycles. The van der Waals surface area contributed by atoms with E-state index in [0.29, 0.717) is 5.82 Å². The van der Waals surface area contributed by atoms with Gasteiger partial charge < -0.3 is 10.1 Å². The van der Waals surface area contributed by atoms with Crippen molar-refractivity contribution < 1.29 is 9.53 Å². The van der Waals surface area contributed by atoms with Gasteiger partial charge in [0.25, 0.3) is 0 Å². The molecule has 23 heavy (non-hydrogen) atoms. The first kappa shape index (κ1) is 16.8. The van der Waals surface area contributed by atoms with Crippen molar-refractivity contribution in [2.24, 2.45) is 0 Å². The van der Waals surface area contributed by atoms with Gasteiger partial charge in [0.1, 0.15) is 11.4 Å². The first-order valence-corrected chi connectivity index (χ1v) is 7.68. The molecule has 0 radical (unpaired) electrons. The van der Waals surface area contributed by atoms with Crippen molar-refractivity contribution in [3.05, 3.63) is 48.2 Å². The molecule has 2 rings (SSSR count). The Morgan fingerprint density at radius 3 is 2.26 bits per heavy atom. The van der Waals surface area contributed by atoms with Crippen molar-refractivity contribution in [1.82, 2.24) is 4.98 Å². The van der Waals surface area contributed by atoms with Gasteiger partial charge in [0, 0.05) is 5.69 Å². The van der Waals surface area contributed by atoms with Gasteiger partial charge in [-0.25, -0.2) is 9.78 Å². The number of carbonyl (C=O) groups is 1. The summed E-state index contributed by atoms with van der Waals surface area (Å²) in [5.74, 6) is 0.450. The van der Waals surface area contributed by atoms with Gasteiger partial charge in [-0.1, -0.05) is 19.1 Å². The number of carbonyl (C=O) groups excluding carboxylic acids is 1. The van der Waals surface area contributed by atoms with E-state index in [-0.39, 0.29) is 0 Å². The van der Waals surface area contributed by atoms with Crippen molar-refractivity contribution in [2.75, 3.05) is 10.6 Å². The Morgan fingerprint density at radius 2 is 1.74 bits per heavy atom. The van der Waals surface area contributed by atoms with E-state index in [1.807, 2.05) is 39.0 Å². The second-order valence-corrected chi connectivity index (χ2v) is 6.23. The predicted octanol–water partition coefficient (Wildman–Crippen LogP) is 4.73. The van der Waals surface area contributed by atoms with Crippen LogP contribution in [0.4, 0.5) is 22.0 Å². The lowest BCUT2D eigenvalue weighted by molar-refractivity contribution is 0.0635. The highest BCUT2D eigenvalue weighted by Gasteiger charge is 2.16. The van der Waals surface area contributed by atoms with Gasteiger partial charge >= 0.3 is 6.09 Å². The van der Waals surface area contributed by atoms with Crippen LogP contribution in [0.2, 0.25) is 0 Å². The number of rotatable bonds is 4. The van der Waals surface area contributed by atoms with E-state index in [4.69, 9.17) is 4.74 Å². The van der Waals surface area contributed by atoms with Gasteiger partial charge in [-0.15, -0.1) is 0 Å². The molecule has 0 fully saturated rings. The zero-order valence-electron chi connectivity index (χ0n) is 14.0. The van der Waals surface area contributed by atoms with Crippen molar-refractivity contribution >= 4 is 23.3 Å². The number of anilines is 3. The summed E-state index contributed by atoms with van der Waals surface area (Å²) in [6.07, 6.45) is 2.17. The van der Waals surface area contributed by atoms with Gasteiger partial charge in [0.05, 0.1) is 11.9 Å². The lowest BCUT2D eigenvalue weighted by atomic mass is 10.1. The van der Waals surface area contributed by atoms with E-state index >= 15 is 0 Å². The smallest absolute Gasteiger partial charge is 0.413 e. The molecule has 1 heterocycles. The average Bonchev–Trinajstić information content (AvgIpc) is 2.48. The van der Waals surface area contributed by atoms with Crippen LogP contribution < -0.4 is 10.6 Å². The summed E-state index contributed by atoms with van der Waals surface area (Å²) in [6, 6.07) is 11.8. The highest BCUT2D eigenvalue weighted by molar-refractivity contribution is 5.83. The zero-order chi connectivity index (χ0) is 16.9. The largest absolute Gasteiger partial charge is 0.444 e. The molecule has 0 unspecified atom stereocenters. The lowest BCUT2D eigenvalue weighted by Crippen LogP contribution is -2.27. The lowest BCUT2D eigenvalue weighted by Gasteiger charge is -2.19. The van der Waals surface area contributed by atoms with Crippen LogP contribution in [-0.2, 0) is 11.2 Å². The topological polar surface area (TPSA) is 63.2 Å². The van der Waals surface area contributed by atoms with Crippen molar-refractivity contribution in [3.8, 4) is 0 Å². The van der Waals surface area contributed by atoms with E-state index in [0.717, 1.165) is 17.8 Å². The molecule has 0 bridgehead atoms.